The van der Waals surface area contributed by atoms with E-state index < -0.39 is 11.7 Å². The molecule has 0 atom stereocenters. The number of amidine groups is 1. The van der Waals surface area contributed by atoms with E-state index >= 15 is 0 Å². The molecule has 29 heavy (non-hydrogen) atoms. The van der Waals surface area contributed by atoms with Crippen LogP contribution >= 0.6 is 46.6 Å². The van der Waals surface area contributed by atoms with Gasteiger partial charge in [0.25, 0.3) is 5.91 Å². The number of nitrogens with one attached hydrogen (secondary N) is 1. The highest BCUT2D eigenvalue weighted by molar-refractivity contribution is 8.19. The number of carbonyl (C=O) groups is 1. The Labute approximate surface area is 184 Å². The summed E-state index contributed by atoms with van der Waals surface area (Å²) in [6.07, 6.45) is 1.54. The van der Waals surface area contributed by atoms with Gasteiger partial charge >= 0.3 is 0 Å². The third-order valence-corrected chi connectivity index (χ3v) is 6.01. The summed E-state index contributed by atoms with van der Waals surface area (Å²) in [6, 6.07) is 11.9. The normalized spacial score (nSPS) is 15.6. The minimum Gasteiger partial charge on any atom is -0.457 e. The molecule has 9 heteroatoms. The first-order chi connectivity index (χ1) is 13.8. The maximum absolute atomic E-state index is 13.1. The summed E-state index contributed by atoms with van der Waals surface area (Å²) in [4.78, 5) is 14.2. The minimum absolute atomic E-state index is 0.0205. The molecule has 0 radical (unpaired) electrons. The molecule has 0 saturated carbocycles. The predicted octanol–water partition coefficient (Wildman–Crippen LogP) is 7.10. The van der Waals surface area contributed by atoms with Crippen LogP contribution in [-0.2, 0) is 4.79 Å². The van der Waals surface area contributed by atoms with Gasteiger partial charge in [0.2, 0.25) is 0 Å². The van der Waals surface area contributed by atoms with Gasteiger partial charge in [0, 0.05) is 11.6 Å². The molecule has 1 aliphatic heterocycles. The predicted molar refractivity (Wildman–Crippen MR) is 116 cm³/mol. The van der Waals surface area contributed by atoms with Crippen molar-refractivity contribution in [3.8, 4) is 11.3 Å². The van der Waals surface area contributed by atoms with E-state index in [2.05, 4.69) is 0 Å². The van der Waals surface area contributed by atoms with Crippen molar-refractivity contribution in [2.24, 2.45) is 0 Å². The first-order valence-corrected chi connectivity index (χ1v) is 10.1. The van der Waals surface area contributed by atoms with Gasteiger partial charge < -0.3 is 4.42 Å². The minimum atomic E-state index is -0.417. The number of carbonyl (C=O) groups excluding carboxylic acids is 1. The molecule has 2 aromatic carbocycles. The third-order valence-electron chi connectivity index (χ3n) is 4.08. The Balaban J connectivity index is 1.63. The SMILES string of the molecule is N=C1SC(=Cc2ccc(-c3cc(Cl)c(Cl)cc3Cl)o2)C(=O)N1c1ccc(F)cc1. The fourth-order valence-corrected chi connectivity index (χ4v) is 4.21. The van der Waals surface area contributed by atoms with E-state index in [9.17, 15) is 9.18 Å². The third kappa shape index (κ3) is 3.94. The molecule has 0 bridgehead atoms. The van der Waals surface area contributed by atoms with Crippen LogP contribution in [0.5, 0.6) is 0 Å². The molecule has 0 unspecified atom stereocenters. The molecule has 1 N–H and O–H groups in total. The second-order valence-electron chi connectivity index (χ2n) is 5.98. The standard InChI is InChI=1S/C20H10Cl3FN2O2S/c21-14-9-16(23)15(22)8-13(14)17-6-5-12(28-17)7-18-19(27)26(20(25)29-18)11-3-1-10(24)2-4-11/h1-9,25H. The highest BCUT2D eigenvalue weighted by atomic mass is 35.5. The Morgan fingerprint density at radius 3 is 2.41 bits per heavy atom. The van der Waals surface area contributed by atoms with Crippen molar-refractivity contribution in [3.63, 3.8) is 0 Å². The van der Waals surface area contributed by atoms with Crippen LogP contribution in [0.3, 0.4) is 0 Å². The number of hydrogen-bond acceptors (Lipinski definition) is 4. The van der Waals surface area contributed by atoms with Crippen LogP contribution in [0.15, 0.2) is 57.9 Å². The number of benzene rings is 2. The van der Waals surface area contributed by atoms with Crippen molar-refractivity contribution < 1.29 is 13.6 Å². The maximum atomic E-state index is 13.1. The fourth-order valence-electron chi connectivity index (χ4n) is 2.73. The topological polar surface area (TPSA) is 57.3 Å². The van der Waals surface area contributed by atoms with E-state index in [-0.39, 0.29) is 5.17 Å². The Bertz CT molecular complexity index is 1170. The fraction of sp³-hybridized carbons (Fsp3) is 0. The highest BCUT2D eigenvalue weighted by Crippen LogP contribution is 2.38. The van der Waals surface area contributed by atoms with Crippen LogP contribution in [-0.4, -0.2) is 11.1 Å². The molecule has 1 fully saturated rings. The van der Waals surface area contributed by atoms with Gasteiger partial charge in [-0.3, -0.25) is 15.1 Å². The van der Waals surface area contributed by atoms with Gasteiger partial charge in [-0.05, 0) is 60.3 Å². The first kappa shape index (κ1) is 20.0. The molecular weight excluding hydrogens is 458 g/mol. The largest absolute Gasteiger partial charge is 0.457 e. The number of nitrogens with zero attached hydrogens (tertiary/aromatic N) is 1. The summed E-state index contributed by atoms with van der Waals surface area (Å²) < 4.78 is 18.9. The first-order valence-electron chi connectivity index (χ1n) is 8.16. The van der Waals surface area contributed by atoms with Crippen molar-refractivity contribution >= 4 is 69.4 Å². The second kappa shape index (κ2) is 7.88. The van der Waals surface area contributed by atoms with Crippen molar-refractivity contribution in [2.45, 2.75) is 0 Å². The highest BCUT2D eigenvalue weighted by Gasteiger charge is 2.33. The number of thioether (sulfide) groups is 1. The van der Waals surface area contributed by atoms with Crippen LogP contribution in [0.1, 0.15) is 5.76 Å². The van der Waals surface area contributed by atoms with E-state index in [0.29, 0.717) is 42.7 Å². The van der Waals surface area contributed by atoms with Gasteiger partial charge in [-0.25, -0.2) is 4.39 Å². The molecule has 4 rings (SSSR count). The zero-order valence-corrected chi connectivity index (χ0v) is 17.5. The van der Waals surface area contributed by atoms with Crippen LogP contribution in [0, 0.1) is 11.2 Å². The van der Waals surface area contributed by atoms with Gasteiger partial charge in [0.15, 0.2) is 5.17 Å². The molecular formula is C20H10Cl3FN2O2S. The summed E-state index contributed by atoms with van der Waals surface area (Å²) >= 11 is 19.2. The van der Waals surface area contributed by atoms with Gasteiger partial charge in [0.1, 0.15) is 17.3 Å². The molecule has 0 spiro atoms. The zero-order chi connectivity index (χ0) is 20.7. The summed E-state index contributed by atoms with van der Waals surface area (Å²) in [7, 11) is 0. The Morgan fingerprint density at radius 1 is 1.00 bits per heavy atom. The summed E-state index contributed by atoms with van der Waals surface area (Å²) in [5.74, 6) is 0.0598. The Morgan fingerprint density at radius 2 is 1.69 bits per heavy atom. The Hall–Kier alpha value is -2.25. The molecule has 4 nitrogen and oxygen atoms in total. The van der Waals surface area contributed by atoms with E-state index in [0.717, 1.165) is 11.8 Å². The zero-order valence-electron chi connectivity index (χ0n) is 14.4. The number of furan rings is 1. The number of halogens is 4. The quantitative estimate of drug-likeness (QED) is 0.330. The molecule has 3 aromatic rings. The van der Waals surface area contributed by atoms with Crippen LogP contribution in [0.25, 0.3) is 17.4 Å². The lowest BCUT2D eigenvalue weighted by atomic mass is 10.2. The lowest BCUT2D eigenvalue weighted by Gasteiger charge is -2.13. The lowest BCUT2D eigenvalue weighted by Crippen LogP contribution is -2.28. The van der Waals surface area contributed by atoms with Gasteiger partial charge in [0.05, 0.1) is 25.7 Å². The summed E-state index contributed by atoms with van der Waals surface area (Å²) in [5.41, 5.74) is 0.983. The van der Waals surface area contributed by atoms with E-state index in [1.807, 2.05) is 0 Å². The van der Waals surface area contributed by atoms with Crippen LogP contribution in [0.4, 0.5) is 10.1 Å². The van der Waals surface area contributed by atoms with Gasteiger partial charge in [-0.1, -0.05) is 34.8 Å². The Kier molecular flexibility index (Phi) is 5.44. The molecule has 1 amide bonds. The monoisotopic (exact) mass is 466 g/mol. The molecule has 146 valence electrons. The lowest BCUT2D eigenvalue weighted by molar-refractivity contribution is -0.113. The second-order valence-corrected chi connectivity index (χ2v) is 8.23. The van der Waals surface area contributed by atoms with Crippen LogP contribution in [0.2, 0.25) is 15.1 Å². The van der Waals surface area contributed by atoms with E-state index in [4.69, 9.17) is 44.6 Å². The van der Waals surface area contributed by atoms with Gasteiger partial charge in [-0.2, -0.15) is 0 Å². The van der Waals surface area contributed by atoms with E-state index in [1.165, 1.54) is 35.2 Å². The van der Waals surface area contributed by atoms with Crippen molar-refractivity contribution in [2.75, 3.05) is 4.90 Å². The van der Waals surface area contributed by atoms with E-state index in [1.54, 1.807) is 24.3 Å². The average Bonchev–Trinajstić information content (AvgIpc) is 3.24. The number of amides is 1. The molecule has 2 heterocycles. The molecule has 1 saturated heterocycles. The molecule has 1 aromatic heterocycles. The molecule has 0 aliphatic carbocycles. The van der Waals surface area contributed by atoms with Crippen molar-refractivity contribution in [3.05, 3.63) is 80.1 Å². The summed E-state index contributed by atoms with van der Waals surface area (Å²) in [5, 5.41) is 9.17. The van der Waals surface area contributed by atoms with Crippen LogP contribution < -0.4 is 4.90 Å². The number of hydrogen-bond donors (Lipinski definition) is 1. The average molecular weight is 468 g/mol. The number of rotatable bonds is 3. The van der Waals surface area contributed by atoms with Gasteiger partial charge in [-0.15, -0.1) is 0 Å². The summed E-state index contributed by atoms with van der Waals surface area (Å²) in [6.45, 7) is 0. The maximum Gasteiger partial charge on any atom is 0.271 e. The number of anilines is 1. The molecule has 1 aliphatic rings. The van der Waals surface area contributed by atoms with Crippen molar-refractivity contribution in [1.82, 2.24) is 0 Å². The van der Waals surface area contributed by atoms with Crippen molar-refractivity contribution in [1.29, 1.82) is 5.41 Å². The smallest absolute Gasteiger partial charge is 0.271 e.